The Balaban J connectivity index is 2.48. The van der Waals surface area contributed by atoms with Crippen LogP contribution in [0.1, 0.15) is 47.0 Å². The molecule has 0 spiro atoms. The zero-order chi connectivity index (χ0) is 12.8. The van der Waals surface area contributed by atoms with E-state index in [9.17, 15) is 0 Å². The van der Waals surface area contributed by atoms with E-state index in [1.807, 2.05) is 6.92 Å². The molecule has 1 aliphatic rings. The van der Waals surface area contributed by atoms with Crippen molar-refractivity contribution in [1.29, 1.82) is 0 Å². The smallest absolute Gasteiger partial charge is 0.167 e. The van der Waals surface area contributed by atoms with E-state index in [1.54, 1.807) is 0 Å². The van der Waals surface area contributed by atoms with E-state index in [0.717, 1.165) is 17.2 Å². The number of ether oxygens (including phenoxy) is 2. The zero-order valence-electron chi connectivity index (χ0n) is 11.6. The molecule has 1 fully saturated rings. The molecule has 0 amide bonds. The van der Waals surface area contributed by atoms with Crippen LogP contribution in [0.5, 0.6) is 0 Å². The molecule has 17 heavy (non-hydrogen) atoms. The van der Waals surface area contributed by atoms with E-state index >= 15 is 0 Å². The Morgan fingerprint density at radius 1 is 1.29 bits per heavy atom. The summed E-state index contributed by atoms with van der Waals surface area (Å²) in [5, 5.41) is 0.760. The average Bonchev–Trinajstić information content (AvgIpc) is 2.30. The van der Waals surface area contributed by atoms with Gasteiger partial charge in [-0.2, -0.15) is 0 Å². The quantitative estimate of drug-likeness (QED) is 0.540. The van der Waals surface area contributed by atoms with Gasteiger partial charge in [-0.15, -0.1) is 0 Å². The van der Waals surface area contributed by atoms with Gasteiger partial charge in [0, 0.05) is 6.61 Å². The molecule has 0 aromatic rings. The molecule has 2 nitrogen and oxygen atoms in total. The summed E-state index contributed by atoms with van der Waals surface area (Å²) in [6.07, 6.45) is 4.11. The van der Waals surface area contributed by atoms with Gasteiger partial charge in [-0.25, -0.2) is 0 Å². The van der Waals surface area contributed by atoms with Gasteiger partial charge in [0.15, 0.2) is 6.29 Å². The van der Waals surface area contributed by atoms with Crippen LogP contribution >= 0.6 is 15.9 Å². The van der Waals surface area contributed by atoms with Gasteiger partial charge in [-0.05, 0) is 43.9 Å². The van der Waals surface area contributed by atoms with E-state index in [-0.39, 0.29) is 6.29 Å². The van der Waals surface area contributed by atoms with Gasteiger partial charge in [-0.1, -0.05) is 36.7 Å². The second kappa shape index (κ2) is 7.75. The first kappa shape index (κ1) is 15.5. The molecule has 0 saturated heterocycles. The molecule has 1 rings (SSSR count). The van der Waals surface area contributed by atoms with E-state index in [4.69, 9.17) is 9.47 Å². The lowest BCUT2D eigenvalue weighted by Crippen LogP contribution is -2.36. The summed E-state index contributed by atoms with van der Waals surface area (Å²) in [5.74, 6) is 2.24. The number of hydrogen-bond donors (Lipinski definition) is 0. The van der Waals surface area contributed by atoms with Crippen molar-refractivity contribution in [2.45, 2.75) is 59.4 Å². The van der Waals surface area contributed by atoms with Gasteiger partial charge >= 0.3 is 0 Å². The molecule has 0 aliphatic heterocycles. The van der Waals surface area contributed by atoms with E-state index in [2.05, 4.69) is 36.7 Å². The van der Waals surface area contributed by atoms with Crippen LogP contribution in [-0.2, 0) is 9.47 Å². The Morgan fingerprint density at radius 2 is 2.00 bits per heavy atom. The Labute approximate surface area is 115 Å². The largest absolute Gasteiger partial charge is 0.352 e. The van der Waals surface area contributed by atoms with E-state index in [1.165, 1.54) is 19.3 Å². The lowest BCUT2D eigenvalue weighted by atomic mass is 9.76. The molecule has 0 radical (unpaired) electrons. The fraction of sp³-hybridized carbons (Fsp3) is 1.00. The van der Waals surface area contributed by atoms with Gasteiger partial charge in [0.05, 0.1) is 11.4 Å². The molecule has 3 heteroatoms. The van der Waals surface area contributed by atoms with Gasteiger partial charge in [0.25, 0.3) is 0 Å². The molecular weight excluding hydrogens is 280 g/mol. The van der Waals surface area contributed by atoms with E-state index < -0.39 is 0 Å². The maximum Gasteiger partial charge on any atom is 0.167 e. The molecule has 0 heterocycles. The third kappa shape index (κ3) is 4.88. The van der Waals surface area contributed by atoms with Crippen LogP contribution in [0.25, 0.3) is 0 Å². The number of alkyl halides is 1. The maximum absolute atomic E-state index is 6.10. The molecule has 0 N–H and O–H groups in total. The number of rotatable bonds is 6. The van der Waals surface area contributed by atoms with Gasteiger partial charge in [0.2, 0.25) is 0 Å². The zero-order valence-corrected chi connectivity index (χ0v) is 13.2. The average molecular weight is 307 g/mol. The van der Waals surface area contributed by atoms with Crippen LogP contribution < -0.4 is 0 Å². The standard InChI is InChI=1S/C14H27BrO2/c1-5-16-14(9-15)17-13-8-12(10(2)3)7-6-11(13)4/h10-14H,5-9H2,1-4H3/t11-,12-,13+,14?/m1/s1. The third-order valence-corrected chi connectivity index (χ3v) is 4.44. The van der Waals surface area contributed by atoms with Crippen molar-refractivity contribution in [3.05, 3.63) is 0 Å². The summed E-state index contributed by atoms with van der Waals surface area (Å²) in [7, 11) is 0. The van der Waals surface area contributed by atoms with Crippen molar-refractivity contribution in [3.8, 4) is 0 Å². The summed E-state index contributed by atoms with van der Waals surface area (Å²) >= 11 is 3.46. The maximum atomic E-state index is 6.10. The Morgan fingerprint density at radius 3 is 2.53 bits per heavy atom. The van der Waals surface area contributed by atoms with Crippen molar-refractivity contribution in [2.75, 3.05) is 11.9 Å². The third-order valence-electron chi connectivity index (χ3n) is 3.91. The molecule has 102 valence electrons. The van der Waals surface area contributed by atoms with Crippen LogP contribution in [0.15, 0.2) is 0 Å². The minimum atomic E-state index is -0.0848. The molecule has 1 saturated carbocycles. The Bertz CT molecular complexity index is 208. The van der Waals surface area contributed by atoms with Crippen molar-refractivity contribution in [1.82, 2.24) is 0 Å². The second-order valence-corrected chi connectivity index (χ2v) is 6.16. The lowest BCUT2D eigenvalue weighted by molar-refractivity contribution is -0.177. The fourth-order valence-corrected chi connectivity index (χ4v) is 2.95. The highest BCUT2D eigenvalue weighted by Gasteiger charge is 2.31. The van der Waals surface area contributed by atoms with Crippen molar-refractivity contribution < 1.29 is 9.47 Å². The van der Waals surface area contributed by atoms with E-state index in [0.29, 0.717) is 18.6 Å². The summed E-state index contributed by atoms with van der Waals surface area (Å²) in [5.41, 5.74) is 0. The first-order valence-corrected chi connectivity index (χ1v) is 8.03. The SMILES string of the molecule is CCOC(CBr)O[C@H]1C[C@H](C(C)C)CC[C@H]1C. The Kier molecular flexibility index (Phi) is 7.05. The minimum absolute atomic E-state index is 0.0848. The highest BCUT2D eigenvalue weighted by Crippen LogP contribution is 2.35. The normalized spacial score (nSPS) is 31.8. The Hall–Kier alpha value is 0.400. The number of hydrogen-bond acceptors (Lipinski definition) is 2. The summed E-state index contributed by atoms with van der Waals surface area (Å²) in [6.45, 7) is 9.67. The van der Waals surface area contributed by atoms with Crippen molar-refractivity contribution >= 4 is 15.9 Å². The van der Waals surface area contributed by atoms with Crippen molar-refractivity contribution in [3.63, 3.8) is 0 Å². The second-order valence-electron chi connectivity index (χ2n) is 5.51. The first-order valence-electron chi connectivity index (χ1n) is 6.91. The van der Waals surface area contributed by atoms with Gasteiger partial charge in [0.1, 0.15) is 0 Å². The van der Waals surface area contributed by atoms with Gasteiger partial charge < -0.3 is 9.47 Å². The lowest BCUT2D eigenvalue weighted by Gasteiger charge is -2.37. The molecule has 1 aliphatic carbocycles. The topological polar surface area (TPSA) is 18.5 Å². The summed E-state index contributed by atoms with van der Waals surface area (Å²) < 4.78 is 11.7. The van der Waals surface area contributed by atoms with Crippen LogP contribution in [0, 0.1) is 17.8 Å². The van der Waals surface area contributed by atoms with Crippen LogP contribution in [-0.4, -0.2) is 24.3 Å². The number of halogens is 1. The fourth-order valence-electron chi connectivity index (χ4n) is 2.61. The predicted molar refractivity (Wildman–Crippen MR) is 75.4 cm³/mol. The summed E-state index contributed by atoms with van der Waals surface area (Å²) in [4.78, 5) is 0. The monoisotopic (exact) mass is 306 g/mol. The molecule has 0 aromatic carbocycles. The van der Waals surface area contributed by atoms with Crippen LogP contribution in [0.2, 0.25) is 0 Å². The molecular formula is C14H27BrO2. The summed E-state index contributed by atoms with van der Waals surface area (Å²) in [6, 6.07) is 0. The van der Waals surface area contributed by atoms with Crippen LogP contribution in [0.4, 0.5) is 0 Å². The highest BCUT2D eigenvalue weighted by atomic mass is 79.9. The molecule has 4 atom stereocenters. The first-order chi connectivity index (χ1) is 8.08. The van der Waals surface area contributed by atoms with Gasteiger partial charge in [-0.3, -0.25) is 0 Å². The predicted octanol–water partition coefficient (Wildman–Crippen LogP) is 4.22. The molecule has 0 bridgehead atoms. The molecule has 1 unspecified atom stereocenters. The van der Waals surface area contributed by atoms with Crippen molar-refractivity contribution in [2.24, 2.45) is 17.8 Å². The van der Waals surface area contributed by atoms with Crippen LogP contribution in [0.3, 0.4) is 0 Å². The minimum Gasteiger partial charge on any atom is -0.352 e. The highest BCUT2D eigenvalue weighted by molar-refractivity contribution is 9.09. The molecule has 0 aromatic heterocycles.